The molecule has 1 fully saturated rings. The lowest BCUT2D eigenvalue weighted by Gasteiger charge is -2.36. The Morgan fingerprint density at radius 2 is 1.81 bits per heavy atom. The van der Waals surface area contributed by atoms with Crippen LogP contribution in [-0.4, -0.2) is 86.5 Å². The van der Waals surface area contributed by atoms with Crippen LogP contribution in [0.3, 0.4) is 0 Å². The Labute approximate surface area is 275 Å². The minimum absolute atomic E-state index is 0.0376. The quantitative estimate of drug-likeness (QED) is 0.188. The van der Waals surface area contributed by atoms with Gasteiger partial charge in [-0.15, -0.1) is 13.2 Å². The van der Waals surface area contributed by atoms with Crippen molar-refractivity contribution in [2.24, 2.45) is 0 Å². The average Bonchev–Trinajstić information content (AvgIpc) is 3.36. The molecule has 2 aliphatic rings. The van der Waals surface area contributed by atoms with E-state index in [1.54, 1.807) is 31.5 Å². The number of ether oxygens (including phenoxy) is 2. The maximum atomic E-state index is 13.4. The summed E-state index contributed by atoms with van der Waals surface area (Å²) >= 11 is 0. The molecule has 256 valence electrons. The number of hydrogen-bond donors (Lipinski definition) is 1. The van der Waals surface area contributed by atoms with E-state index in [1.807, 2.05) is 11.6 Å². The summed E-state index contributed by atoms with van der Waals surface area (Å²) in [5.74, 6) is -0.673. The first-order valence-electron chi connectivity index (χ1n) is 16.1. The highest BCUT2D eigenvalue weighted by Crippen LogP contribution is 2.40. The molecular weight excluding hydrogens is 629 g/mol. The van der Waals surface area contributed by atoms with Gasteiger partial charge in [0.2, 0.25) is 5.95 Å². The van der Waals surface area contributed by atoms with E-state index in [2.05, 4.69) is 58.7 Å². The van der Waals surface area contributed by atoms with Crippen molar-refractivity contribution < 1.29 is 31.9 Å². The fraction of sp³-hybridized carbons (Fsp3) is 0.545. The van der Waals surface area contributed by atoms with Crippen molar-refractivity contribution in [3.8, 4) is 17.1 Å². The number of nitrogens with zero attached hydrogens (tertiary/aromatic N) is 5. The molecule has 1 aliphatic carbocycles. The van der Waals surface area contributed by atoms with Gasteiger partial charge in [-0.1, -0.05) is 20.8 Å². The van der Waals surface area contributed by atoms with E-state index in [9.17, 15) is 18.0 Å². The van der Waals surface area contributed by atoms with Crippen LogP contribution < -0.4 is 15.0 Å². The second-order valence-electron chi connectivity index (χ2n) is 13.6. The van der Waals surface area contributed by atoms with E-state index in [-0.39, 0.29) is 29.0 Å². The lowest BCUT2D eigenvalue weighted by atomic mass is 9.93. The predicted molar refractivity (Wildman–Crippen MR) is 178 cm³/mol. The summed E-state index contributed by atoms with van der Waals surface area (Å²) in [6, 6.07) is 4.59. The summed E-state index contributed by atoms with van der Waals surface area (Å²) < 4.78 is 58.5. The normalized spacial score (nSPS) is 15.7. The van der Waals surface area contributed by atoms with Crippen LogP contribution in [0.15, 0.2) is 30.6 Å². The summed E-state index contributed by atoms with van der Waals surface area (Å²) in [6.07, 6.45) is -0.194. The number of benzene rings is 1. The number of carbonyl (C=O) groups excluding carboxylic acids is 1. The maximum Gasteiger partial charge on any atom is 0.573 e. The number of hydrogen-bond acceptors (Lipinski definition) is 9. The second kappa shape index (κ2) is 13.5. The molecule has 0 radical (unpaired) electrons. The highest BCUT2D eigenvalue weighted by atomic mass is 28.4. The number of aryl methyl sites for hydroxylation is 1. The molecule has 0 saturated carbocycles. The number of likely N-dealkylation sites (N-methyl/N-ethyl adjacent to an activating group) is 1. The van der Waals surface area contributed by atoms with Gasteiger partial charge in [0, 0.05) is 50.8 Å². The van der Waals surface area contributed by atoms with Crippen LogP contribution in [-0.2, 0) is 28.5 Å². The fourth-order valence-corrected chi connectivity index (χ4v) is 6.67. The van der Waals surface area contributed by atoms with E-state index in [4.69, 9.17) is 14.1 Å². The van der Waals surface area contributed by atoms with Gasteiger partial charge in [-0.25, -0.2) is 14.8 Å². The number of anilines is 3. The first kappa shape index (κ1) is 34.7. The van der Waals surface area contributed by atoms with Crippen molar-refractivity contribution in [1.29, 1.82) is 0 Å². The van der Waals surface area contributed by atoms with Gasteiger partial charge in [-0.2, -0.15) is 0 Å². The molecule has 10 nitrogen and oxygen atoms in total. The molecule has 1 aromatic carbocycles. The Balaban J connectivity index is 1.50. The Kier molecular flexibility index (Phi) is 9.95. The topological polar surface area (TPSA) is 94.0 Å². The molecule has 47 heavy (non-hydrogen) atoms. The molecule has 0 spiro atoms. The number of carbonyl (C=O) groups is 1. The summed E-state index contributed by atoms with van der Waals surface area (Å²) in [5, 5.41) is 3.05. The third-order valence-corrected chi connectivity index (χ3v) is 13.9. The number of aromatic nitrogens is 3. The van der Waals surface area contributed by atoms with Gasteiger partial charge in [-0.05, 0) is 74.3 Å². The molecule has 1 saturated heterocycles. The van der Waals surface area contributed by atoms with Crippen molar-refractivity contribution in [2.75, 3.05) is 56.7 Å². The highest BCUT2D eigenvalue weighted by molar-refractivity contribution is 6.74. The smallest absolute Gasteiger partial charge is 0.462 e. The van der Waals surface area contributed by atoms with Crippen molar-refractivity contribution in [3.05, 3.63) is 47.3 Å². The van der Waals surface area contributed by atoms with Gasteiger partial charge >= 0.3 is 12.3 Å². The maximum absolute atomic E-state index is 13.4. The minimum Gasteiger partial charge on any atom is -0.462 e. The van der Waals surface area contributed by atoms with Crippen molar-refractivity contribution in [3.63, 3.8) is 0 Å². The number of alkyl halides is 3. The lowest BCUT2D eigenvalue weighted by Crippen LogP contribution is -2.44. The molecule has 14 heteroatoms. The predicted octanol–water partition coefficient (Wildman–Crippen LogP) is 6.64. The van der Waals surface area contributed by atoms with Gasteiger partial charge < -0.3 is 33.6 Å². The minimum atomic E-state index is -4.88. The molecule has 1 N–H and O–H groups in total. The molecule has 0 amide bonds. The van der Waals surface area contributed by atoms with Gasteiger partial charge in [-0.3, -0.25) is 0 Å². The number of halogens is 3. The molecule has 2 aromatic heterocycles. The molecule has 0 unspecified atom stereocenters. The van der Waals surface area contributed by atoms with Gasteiger partial charge in [0.05, 0.1) is 35.9 Å². The van der Waals surface area contributed by atoms with Crippen LogP contribution in [0.2, 0.25) is 18.1 Å². The first-order chi connectivity index (χ1) is 22.1. The number of nitrogens with one attached hydrogen (secondary N) is 1. The van der Waals surface area contributed by atoms with E-state index in [0.717, 1.165) is 48.7 Å². The zero-order valence-corrected chi connectivity index (χ0v) is 29.3. The van der Waals surface area contributed by atoms with Crippen LogP contribution in [0.25, 0.3) is 11.4 Å². The van der Waals surface area contributed by atoms with Gasteiger partial charge in [0.15, 0.2) is 14.1 Å². The number of piperazine rings is 1. The number of rotatable bonds is 10. The third kappa shape index (κ3) is 7.92. The van der Waals surface area contributed by atoms with Crippen LogP contribution in [0.5, 0.6) is 5.75 Å². The Bertz CT molecular complexity index is 1600. The largest absolute Gasteiger partial charge is 0.573 e. The van der Waals surface area contributed by atoms with E-state index >= 15 is 0 Å². The molecular formula is C33H45F3N6O4Si. The SMILES string of the molecule is CCOC(=O)c1cn(CCO[Si](C)(C)C(C)(C)C)c2c1CCc1cnc(Nc3cc(N4CCN(C)CC4)ccc3OC(F)(F)F)nc1-2. The van der Waals surface area contributed by atoms with Crippen molar-refractivity contribution in [2.45, 2.75) is 71.6 Å². The molecule has 0 bridgehead atoms. The summed E-state index contributed by atoms with van der Waals surface area (Å²) in [7, 11) is 0.0110. The molecule has 5 rings (SSSR count). The zero-order valence-electron chi connectivity index (χ0n) is 28.3. The molecule has 3 heterocycles. The van der Waals surface area contributed by atoms with Crippen LogP contribution in [0.1, 0.15) is 49.2 Å². The van der Waals surface area contributed by atoms with Crippen LogP contribution >= 0.6 is 0 Å². The van der Waals surface area contributed by atoms with Crippen LogP contribution in [0, 0.1) is 0 Å². The average molecular weight is 675 g/mol. The number of fused-ring (bicyclic) bond motifs is 3. The Morgan fingerprint density at radius 3 is 2.47 bits per heavy atom. The van der Waals surface area contributed by atoms with Gasteiger partial charge in [0.1, 0.15) is 0 Å². The molecule has 0 atom stereocenters. The van der Waals surface area contributed by atoms with E-state index < -0.39 is 20.6 Å². The lowest BCUT2D eigenvalue weighted by molar-refractivity contribution is -0.274. The fourth-order valence-electron chi connectivity index (χ4n) is 5.63. The molecule has 3 aromatic rings. The summed E-state index contributed by atoms with van der Waals surface area (Å²) in [6.45, 7) is 17.0. The Hall–Kier alpha value is -3.62. The summed E-state index contributed by atoms with van der Waals surface area (Å²) in [5.41, 5.74) is 4.42. The Morgan fingerprint density at radius 1 is 1.09 bits per heavy atom. The highest BCUT2D eigenvalue weighted by Gasteiger charge is 2.37. The monoisotopic (exact) mass is 674 g/mol. The van der Waals surface area contributed by atoms with Crippen molar-refractivity contribution >= 4 is 31.6 Å². The molecule has 1 aliphatic heterocycles. The van der Waals surface area contributed by atoms with Crippen LogP contribution in [0.4, 0.5) is 30.5 Å². The second-order valence-corrected chi connectivity index (χ2v) is 18.4. The zero-order chi connectivity index (χ0) is 34.1. The standard InChI is InChI=1S/C33H45F3N6O4Si/c1-8-44-30(43)25-21-42(17-18-45-47(6,7)32(2,3)4)29-24(25)11-9-22-20-37-31(39-28(22)29)38-26-19-23(41-15-13-40(5)14-16-41)10-12-27(26)46-33(34,35)36/h10,12,19-21H,8-9,11,13-18H2,1-7H3,(H,37,38,39). The number of esters is 1. The first-order valence-corrected chi connectivity index (χ1v) is 19.0. The van der Waals surface area contributed by atoms with E-state index in [1.165, 1.54) is 6.07 Å². The van der Waals surface area contributed by atoms with Gasteiger partial charge in [0.25, 0.3) is 0 Å². The van der Waals surface area contributed by atoms with E-state index in [0.29, 0.717) is 37.3 Å². The summed E-state index contributed by atoms with van der Waals surface area (Å²) in [4.78, 5) is 26.7. The third-order valence-electron chi connectivity index (χ3n) is 9.32. The van der Waals surface area contributed by atoms with Crippen molar-refractivity contribution in [1.82, 2.24) is 19.4 Å².